The van der Waals surface area contributed by atoms with Crippen molar-refractivity contribution in [3.63, 3.8) is 0 Å². The van der Waals surface area contributed by atoms with Crippen molar-refractivity contribution in [2.24, 2.45) is 5.92 Å². The highest BCUT2D eigenvalue weighted by Crippen LogP contribution is 2.13. The van der Waals surface area contributed by atoms with Gasteiger partial charge in [-0.15, -0.1) is 0 Å². The van der Waals surface area contributed by atoms with Gasteiger partial charge in [-0.1, -0.05) is 33.6 Å². The van der Waals surface area contributed by atoms with Crippen LogP contribution in [0.1, 0.15) is 47.0 Å². The first kappa shape index (κ1) is 16.9. The molecule has 0 aliphatic heterocycles. The Morgan fingerprint density at radius 2 is 1.82 bits per heavy atom. The van der Waals surface area contributed by atoms with Gasteiger partial charge in [-0.3, -0.25) is 0 Å². The molecule has 0 aliphatic carbocycles. The molecule has 0 aromatic heterocycles. The lowest BCUT2D eigenvalue weighted by molar-refractivity contribution is 0.146. The highest BCUT2D eigenvalue weighted by Gasteiger charge is 2.21. The van der Waals surface area contributed by atoms with E-state index in [4.69, 9.17) is 0 Å². The van der Waals surface area contributed by atoms with Crippen LogP contribution in [0, 0.1) is 5.92 Å². The molecule has 0 fully saturated rings. The molecule has 0 bridgehead atoms. The van der Waals surface area contributed by atoms with Crippen LogP contribution >= 0.6 is 0 Å². The Balaban J connectivity index is 4.13. The summed E-state index contributed by atoms with van der Waals surface area (Å²) in [5.41, 5.74) is -0.138. The zero-order valence-corrected chi connectivity index (χ0v) is 12.4. The molecule has 0 aromatic carbocycles. The van der Waals surface area contributed by atoms with Crippen LogP contribution in [0.4, 0.5) is 0 Å². The summed E-state index contributed by atoms with van der Waals surface area (Å²) in [5, 5.41) is 12.6. The second kappa shape index (κ2) is 8.90. The van der Waals surface area contributed by atoms with E-state index < -0.39 is 0 Å². The van der Waals surface area contributed by atoms with Gasteiger partial charge in [-0.2, -0.15) is 0 Å². The molecule has 0 heterocycles. The maximum atomic E-state index is 9.36. The summed E-state index contributed by atoms with van der Waals surface area (Å²) in [6.07, 6.45) is 3.51. The van der Waals surface area contributed by atoms with Crippen LogP contribution < -0.4 is 5.32 Å². The molecule has 0 spiro atoms. The van der Waals surface area contributed by atoms with Gasteiger partial charge in [0.2, 0.25) is 0 Å². The van der Waals surface area contributed by atoms with Crippen LogP contribution in [-0.2, 0) is 0 Å². The topological polar surface area (TPSA) is 35.5 Å². The summed E-state index contributed by atoms with van der Waals surface area (Å²) < 4.78 is 0. The largest absolute Gasteiger partial charge is 0.394 e. The molecular weight excluding hydrogens is 212 g/mol. The summed E-state index contributed by atoms with van der Waals surface area (Å²) in [6, 6.07) is 0. The van der Waals surface area contributed by atoms with Crippen molar-refractivity contribution in [3.8, 4) is 0 Å². The first-order valence-electron chi connectivity index (χ1n) is 7.07. The third-order valence-electron chi connectivity index (χ3n) is 4.05. The number of rotatable bonds is 10. The fourth-order valence-electron chi connectivity index (χ4n) is 1.98. The standard InChI is InChI=1S/C14H32N2O/c1-6-13(7-2)11-16(8-3)10-9-14(4,12-17)15-5/h13,15,17H,6-12H2,1-5H3. The van der Waals surface area contributed by atoms with Crippen molar-refractivity contribution >= 4 is 0 Å². The lowest BCUT2D eigenvalue weighted by Gasteiger charge is -2.31. The number of nitrogens with one attached hydrogen (secondary N) is 1. The van der Waals surface area contributed by atoms with Crippen molar-refractivity contribution in [1.29, 1.82) is 0 Å². The second-order valence-corrected chi connectivity index (χ2v) is 5.29. The van der Waals surface area contributed by atoms with E-state index in [9.17, 15) is 5.11 Å². The molecule has 3 heteroatoms. The normalized spacial score (nSPS) is 15.5. The quantitative estimate of drug-likeness (QED) is 0.618. The highest BCUT2D eigenvalue weighted by molar-refractivity contribution is 4.82. The Hall–Kier alpha value is -0.120. The third-order valence-corrected chi connectivity index (χ3v) is 4.05. The van der Waals surface area contributed by atoms with E-state index in [2.05, 4.69) is 37.9 Å². The number of hydrogen-bond acceptors (Lipinski definition) is 3. The summed E-state index contributed by atoms with van der Waals surface area (Å²) in [6.45, 7) is 12.4. The minimum absolute atomic E-state index is 0.138. The zero-order valence-electron chi connectivity index (χ0n) is 12.4. The van der Waals surface area contributed by atoms with Gasteiger partial charge < -0.3 is 15.3 Å². The van der Waals surface area contributed by atoms with Crippen LogP contribution in [0.15, 0.2) is 0 Å². The number of aliphatic hydroxyl groups excluding tert-OH is 1. The molecule has 0 saturated heterocycles. The van der Waals surface area contributed by atoms with E-state index in [1.807, 2.05) is 7.05 Å². The number of likely N-dealkylation sites (N-methyl/N-ethyl adjacent to an activating group) is 1. The van der Waals surface area contributed by atoms with E-state index in [0.29, 0.717) is 0 Å². The van der Waals surface area contributed by atoms with Gasteiger partial charge in [-0.25, -0.2) is 0 Å². The van der Waals surface area contributed by atoms with E-state index in [-0.39, 0.29) is 12.1 Å². The molecular formula is C14H32N2O. The Bertz CT molecular complexity index is 177. The number of aliphatic hydroxyl groups is 1. The molecule has 0 rings (SSSR count). The van der Waals surface area contributed by atoms with Gasteiger partial charge in [0.25, 0.3) is 0 Å². The van der Waals surface area contributed by atoms with Crippen molar-refractivity contribution < 1.29 is 5.11 Å². The first-order valence-corrected chi connectivity index (χ1v) is 7.07. The van der Waals surface area contributed by atoms with Crippen molar-refractivity contribution in [1.82, 2.24) is 10.2 Å². The average Bonchev–Trinajstić information content (AvgIpc) is 2.39. The van der Waals surface area contributed by atoms with Gasteiger partial charge in [0, 0.05) is 12.1 Å². The summed E-state index contributed by atoms with van der Waals surface area (Å²) in [5.74, 6) is 0.810. The van der Waals surface area contributed by atoms with Crippen LogP contribution in [-0.4, -0.2) is 48.8 Å². The second-order valence-electron chi connectivity index (χ2n) is 5.29. The van der Waals surface area contributed by atoms with Crippen LogP contribution in [0.2, 0.25) is 0 Å². The highest BCUT2D eigenvalue weighted by atomic mass is 16.3. The van der Waals surface area contributed by atoms with E-state index >= 15 is 0 Å². The fourth-order valence-corrected chi connectivity index (χ4v) is 1.98. The Labute approximate surface area is 108 Å². The monoisotopic (exact) mass is 244 g/mol. The minimum Gasteiger partial charge on any atom is -0.394 e. The first-order chi connectivity index (χ1) is 8.05. The Morgan fingerprint density at radius 3 is 2.18 bits per heavy atom. The van der Waals surface area contributed by atoms with E-state index in [0.717, 1.165) is 25.4 Å². The molecule has 0 radical (unpaired) electrons. The third kappa shape index (κ3) is 6.39. The maximum Gasteiger partial charge on any atom is 0.0610 e. The zero-order chi connectivity index (χ0) is 13.3. The summed E-state index contributed by atoms with van der Waals surface area (Å²) >= 11 is 0. The van der Waals surface area contributed by atoms with Gasteiger partial charge in [0.05, 0.1) is 6.61 Å². The smallest absolute Gasteiger partial charge is 0.0610 e. The molecule has 2 N–H and O–H groups in total. The van der Waals surface area contributed by atoms with Gasteiger partial charge in [-0.05, 0) is 39.4 Å². The van der Waals surface area contributed by atoms with Gasteiger partial charge in [0.15, 0.2) is 0 Å². The summed E-state index contributed by atoms with van der Waals surface area (Å²) in [4.78, 5) is 2.50. The van der Waals surface area contributed by atoms with Crippen molar-refractivity contribution in [2.75, 3.05) is 33.3 Å². The molecule has 17 heavy (non-hydrogen) atoms. The Kier molecular flexibility index (Phi) is 8.83. The van der Waals surface area contributed by atoms with Crippen LogP contribution in [0.3, 0.4) is 0 Å². The molecule has 0 aliphatic rings. The van der Waals surface area contributed by atoms with Gasteiger partial charge >= 0.3 is 0 Å². The minimum atomic E-state index is -0.138. The van der Waals surface area contributed by atoms with Crippen molar-refractivity contribution in [3.05, 3.63) is 0 Å². The maximum absolute atomic E-state index is 9.36. The lowest BCUT2D eigenvalue weighted by atomic mass is 9.98. The average molecular weight is 244 g/mol. The van der Waals surface area contributed by atoms with Crippen LogP contribution in [0.5, 0.6) is 0 Å². The molecule has 0 aromatic rings. The van der Waals surface area contributed by atoms with Crippen LogP contribution in [0.25, 0.3) is 0 Å². The van der Waals surface area contributed by atoms with E-state index in [1.54, 1.807) is 0 Å². The SMILES string of the molecule is CCC(CC)CN(CC)CCC(C)(CO)NC. The molecule has 1 unspecified atom stereocenters. The number of nitrogens with zero attached hydrogens (tertiary/aromatic N) is 1. The molecule has 104 valence electrons. The fraction of sp³-hybridized carbons (Fsp3) is 1.00. The molecule has 0 saturated carbocycles. The lowest BCUT2D eigenvalue weighted by Crippen LogP contribution is -2.46. The van der Waals surface area contributed by atoms with E-state index in [1.165, 1.54) is 19.4 Å². The predicted molar refractivity (Wildman–Crippen MR) is 75.4 cm³/mol. The predicted octanol–water partition coefficient (Wildman–Crippen LogP) is 2.10. The van der Waals surface area contributed by atoms with Crippen molar-refractivity contribution in [2.45, 2.75) is 52.5 Å². The summed E-state index contributed by atoms with van der Waals surface area (Å²) in [7, 11) is 1.92. The Morgan fingerprint density at radius 1 is 1.24 bits per heavy atom. The molecule has 3 nitrogen and oxygen atoms in total. The number of hydrogen-bond donors (Lipinski definition) is 2. The molecule has 0 amide bonds. The molecule has 1 atom stereocenters. The van der Waals surface area contributed by atoms with Gasteiger partial charge in [0.1, 0.15) is 0 Å².